The molecule has 0 spiro atoms. The van der Waals surface area contributed by atoms with Crippen LogP contribution in [0.4, 0.5) is 0 Å². The summed E-state index contributed by atoms with van der Waals surface area (Å²) in [6, 6.07) is 7.13. The summed E-state index contributed by atoms with van der Waals surface area (Å²) < 4.78 is 32.5. The van der Waals surface area contributed by atoms with Crippen molar-refractivity contribution in [2.24, 2.45) is 0 Å². The van der Waals surface area contributed by atoms with Crippen LogP contribution in [0.1, 0.15) is 24.8 Å². The minimum atomic E-state index is -3.48. The van der Waals surface area contributed by atoms with Gasteiger partial charge >= 0.3 is 0 Å². The molecule has 1 atom stereocenters. The molecular weight excluding hydrogens is 288 g/mol. The molecule has 0 bridgehead atoms. The summed E-state index contributed by atoms with van der Waals surface area (Å²) in [6.45, 7) is 1.67. The van der Waals surface area contributed by atoms with Gasteiger partial charge in [0.2, 0.25) is 10.0 Å². The molecule has 1 heterocycles. The van der Waals surface area contributed by atoms with Crippen molar-refractivity contribution in [1.29, 1.82) is 0 Å². The van der Waals surface area contributed by atoms with E-state index in [-0.39, 0.29) is 6.10 Å². The Balaban J connectivity index is 2.16. The maximum absolute atomic E-state index is 12.7. The lowest BCUT2D eigenvalue weighted by atomic mass is 10.1. The quantitative estimate of drug-likeness (QED) is 0.867. The Bertz CT molecular complexity index is 554. The van der Waals surface area contributed by atoms with Crippen LogP contribution >= 0.6 is 0 Å². The SMILES string of the molecule is CNCc1ccccc1S(=O)(=O)N(C)CC1CCCCO1. The van der Waals surface area contributed by atoms with Crippen molar-refractivity contribution in [1.82, 2.24) is 9.62 Å². The summed E-state index contributed by atoms with van der Waals surface area (Å²) >= 11 is 0. The summed E-state index contributed by atoms with van der Waals surface area (Å²) in [5.41, 5.74) is 0.788. The van der Waals surface area contributed by atoms with Gasteiger partial charge in [0.15, 0.2) is 0 Å². The van der Waals surface area contributed by atoms with Gasteiger partial charge < -0.3 is 10.1 Å². The summed E-state index contributed by atoms with van der Waals surface area (Å²) in [6.07, 6.45) is 3.11. The van der Waals surface area contributed by atoms with E-state index in [1.165, 1.54) is 4.31 Å². The van der Waals surface area contributed by atoms with Crippen LogP contribution in [0.25, 0.3) is 0 Å². The maximum Gasteiger partial charge on any atom is 0.243 e. The van der Waals surface area contributed by atoms with E-state index >= 15 is 0 Å². The maximum atomic E-state index is 12.7. The van der Waals surface area contributed by atoms with Crippen LogP contribution in [-0.4, -0.2) is 46.1 Å². The number of rotatable bonds is 6. The molecule has 1 aliphatic rings. The van der Waals surface area contributed by atoms with Crippen LogP contribution in [0.3, 0.4) is 0 Å². The monoisotopic (exact) mass is 312 g/mol. The van der Waals surface area contributed by atoms with Crippen molar-refractivity contribution in [3.05, 3.63) is 29.8 Å². The van der Waals surface area contributed by atoms with Gasteiger partial charge in [-0.05, 0) is 37.9 Å². The topological polar surface area (TPSA) is 58.6 Å². The fourth-order valence-corrected chi connectivity index (χ4v) is 4.02. The molecule has 0 saturated carbocycles. The predicted octanol–water partition coefficient (Wildman–Crippen LogP) is 1.60. The average Bonchev–Trinajstić information content (AvgIpc) is 2.49. The zero-order valence-electron chi connectivity index (χ0n) is 12.7. The van der Waals surface area contributed by atoms with Gasteiger partial charge in [-0.15, -0.1) is 0 Å². The lowest BCUT2D eigenvalue weighted by Crippen LogP contribution is -2.37. The molecule has 0 amide bonds. The van der Waals surface area contributed by atoms with E-state index in [2.05, 4.69) is 5.32 Å². The number of sulfonamides is 1. The van der Waals surface area contributed by atoms with E-state index in [9.17, 15) is 8.42 Å². The number of likely N-dealkylation sites (N-methyl/N-ethyl adjacent to an activating group) is 1. The lowest BCUT2D eigenvalue weighted by molar-refractivity contribution is 0.00858. The smallest absolute Gasteiger partial charge is 0.243 e. The third-order valence-corrected chi connectivity index (χ3v) is 5.69. The molecule has 6 heteroatoms. The highest BCUT2D eigenvalue weighted by Crippen LogP contribution is 2.21. The molecule has 1 aromatic carbocycles. The van der Waals surface area contributed by atoms with Gasteiger partial charge in [-0.1, -0.05) is 18.2 Å². The van der Waals surface area contributed by atoms with E-state index in [4.69, 9.17) is 4.74 Å². The van der Waals surface area contributed by atoms with Crippen molar-refractivity contribution < 1.29 is 13.2 Å². The standard InChI is InChI=1S/C15H24N2O3S/c1-16-11-13-7-3-4-9-15(13)21(18,19)17(2)12-14-8-5-6-10-20-14/h3-4,7,9,14,16H,5-6,8,10-12H2,1-2H3. The molecule has 5 nitrogen and oxygen atoms in total. The van der Waals surface area contributed by atoms with Crippen LogP contribution in [-0.2, 0) is 21.3 Å². The van der Waals surface area contributed by atoms with E-state index in [1.807, 2.05) is 19.2 Å². The largest absolute Gasteiger partial charge is 0.377 e. The zero-order chi connectivity index (χ0) is 15.3. The van der Waals surface area contributed by atoms with Crippen molar-refractivity contribution in [2.75, 3.05) is 27.2 Å². The number of benzene rings is 1. The molecule has 118 valence electrons. The normalized spacial score (nSPS) is 19.9. The van der Waals surface area contributed by atoms with Gasteiger partial charge in [-0.3, -0.25) is 0 Å². The van der Waals surface area contributed by atoms with Crippen molar-refractivity contribution >= 4 is 10.0 Å². The van der Waals surface area contributed by atoms with Crippen molar-refractivity contribution in [2.45, 2.75) is 36.8 Å². The molecule has 2 rings (SSSR count). The third-order valence-electron chi connectivity index (χ3n) is 3.76. The first kappa shape index (κ1) is 16.4. The molecule has 1 fully saturated rings. The van der Waals surface area contributed by atoms with Crippen LogP contribution < -0.4 is 5.32 Å². The van der Waals surface area contributed by atoms with Gasteiger partial charge in [-0.25, -0.2) is 8.42 Å². The fraction of sp³-hybridized carbons (Fsp3) is 0.600. The second kappa shape index (κ2) is 7.35. The molecule has 1 aromatic rings. The highest BCUT2D eigenvalue weighted by Gasteiger charge is 2.26. The number of hydrogen-bond acceptors (Lipinski definition) is 4. The molecule has 1 saturated heterocycles. The second-order valence-electron chi connectivity index (χ2n) is 5.41. The average molecular weight is 312 g/mol. The first-order valence-electron chi connectivity index (χ1n) is 7.36. The van der Waals surface area contributed by atoms with Gasteiger partial charge in [0.05, 0.1) is 11.0 Å². The molecule has 0 radical (unpaired) electrons. The molecule has 0 aliphatic carbocycles. The highest BCUT2D eigenvalue weighted by molar-refractivity contribution is 7.89. The molecule has 21 heavy (non-hydrogen) atoms. The Kier molecular flexibility index (Phi) is 5.75. The number of hydrogen-bond donors (Lipinski definition) is 1. The predicted molar refractivity (Wildman–Crippen MR) is 82.6 cm³/mol. The van der Waals surface area contributed by atoms with Gasteiger partial charge in [0.25, 0.3) is 0 Å². The van der Waals surface area contributed by atoms with E-state index in [0.717, 1.165) is 31.4 Å². The zero-order valence-corrected chi connectivity index (χ0v) is 13.5. The molecule has 1 aliphatic heterocycles. The molecular formula is C15H24N2O3S. The summed E-state index contributed by atoms with van der Waals surface area (Å²) in [5, 5.41) is 3.01. The summed E-state index contributed by atoms with van der Waals surface area (Å²) in [7, 11) is -0.0409. The third kappa shape index (κ3) is 4.03. The van der Waals surface area contributed by atoms with Crippen molar-refractivity contribution in [3.8, 4) is 0 Å². The number of nitrogens with one attached hydrogen (secondary N) is 1. The number of nitrogens with zero attached hydrogens (tertiary/aromatic N) is 1. The minimum Gasteiger partial charge on any atom is -0.377 e. The summed E-state index contributed by atoms with van der Waals surface area (Å²) in [4.78, 5) is 0.373. The Morgan fingerprint density at radius 2 is 2.10 bits per heavy atom. The van der Waals surface area contributed by atoms with Crippen LogP contribution in [0.15, 0.2) is 29.2 Å². The Labute approximate surface area is 127 Å². The highest BCUT2D eigenvalue weighted by atomic mass is 32.2. The summed E-state index contributed by atoms with van der Waals surface area (Å²) in [5.74, 6) is 0. The lowest BCUT2D eigenvalue weighted by Gasteiger charge is -2.27. The first-order valence-corrected chi connectivity index (χ1v) is 8.80. The molecule has 0 aromatic heterocycles. The first-order chi connectivity index (χ1) is 10.1. The number of ether oxygens (including phenoxy) is 1. The Morgan fingerprint density at radius 3 is 2.76 bits per heavy atom. The Hall–Kier alpha value is -0.950. The van der Waals surface area contributed by atoms with Gasteiger partial charge in [0.1, 0.15) is 0 Å². The van der Waals surface area contributed by atoms with Crippen LogP contribution in [0.5, 0.6) is 0 Å². The second-order valence-corrected chi connectivity index (χ2v) is 7.43. The van der Waals surface area contributed by atoms with E-state index in [0.29, 0.717) is 18.0 Å². The van der Waals surface area contributed by atoms with Crippen LogP contribution in [0.2, 0.25) is 0 Å². The van der Waals surface area contributed by atoms with Crippen LogP contribution in [0, 0.1) is 0 Å². The molecule has 1 N–H and O–H groups in total. The van der Waals surface area contributed by atoms with Crippen molar-refractivity contribution in [3.63, 3.8) is 0 Å². The molecule has 1 unspecified atom stereocenters. The minimum absolute atomic E-state index is 0.00925. The van der Waals surface area contributed by atoms with E-state index < -0.39 is 10.0 Å². The fourth-order valence-electron chi connectivity index (χ4n) is 2.60. The van der Waals surface area contributed by atoms with E-state index in [1.54, 1.807) is 19.2 Å². The van der Waals surface area contributed by atoms with Gasteiger partial charge in [0, 0.05) is 26.7 Å². The Morgan fingerprint density at radius 1 is 1.33 bits per heavy atom. The van der Waals surface area contributed by atoms with Gasteiger partial charge in [-0.2, -0.15) is 4.31 Å².